The number of ether oxygens (including phenoxy) is 1. The fraction of sp³-hybridized carbons (Fsp3) is 0.588. The molecule has 0 spiro atoms. The van der Waals surface area contributed by atoms with Crippen LogP contribution in [0.3, 0.4) is 0 Å². The van der Waals surface area contributed by atoms with Gasteiger partial charge in [0.25, 0.3) is 0 Å². The number of nitrogens with one attached hydrogen (secondary N) is 1. The predicted octanol–water partition coefficient (Wildman–Crippen LogP) is 3.39. The average molecular weight is 275 g/mol. The van der Waals surface area contributed by atoms with Gasteiger partial charge in [-0.1, -0.05) is 26.0 Å². The third kappa shape index (κ3) is 3.83. The summed E-state index contributed by atoms with van der Waals surface area (Å²) in [5.74, 6) is 1.33. The van der Waals surface area contributed by atoms with Gasteiger partial charge in [0.2, 0.25) is 0 Å². The molecule has 0 radical (unpaired) electrons. The Balaban J connectivity index is 1.86. The summed E-state index contributed by atoms with van der Waals surface area (Å²) >= 11 is 0. The minimum atomic E-state index is -0.278. The van der Waals surface area contributed by atoms with Crippen molar-refractivity contribution >= 4 is 5.97 Å². The van der Waals surface area contributed by atoms with Crippen LogP contribution in [0, 0.1) is 11.8 Å². The third-order valence-electron chi connectivity index (χ3n) is 4.37. The molecule has 110 valence electrons. The zero-order valence-electron chi connectivity index (χ0n) is 12.7. The Morgan fingerprint density at radius 2 is 1.95 bits per heavy atom. The van der Waals surface area contributed by atoms with Gasteiger partial charge in [-0.25, -0.2) is 4.79 Å². The van der Waals surface area contributed by atoms with Gasteiger partial charge < -0.3 is 10.1 Å². The molecule has 3 unspecified atom stereocenters. The molecular weight excluding hydrogens is 250 g/mol. The second-order valence-electron chi connectivity index (χ2n) is 6.07. The zero-order chi connectivity index (χ0) is 14.5. The molecule has 0 bridgehead atoms. The maximum Gasteiger partial charge on any atom is 0.337 e. The fourth-order valence-electron chi connectivity index (χ4n) is 3.09. The van der Waals surface area contributed by atoms with Crippen LogP contribution in [-0.4, -0.2) is 19.1 Å². The van der Waals surface area contributed by atoms with E-state index in [1.165, 1.54) is 31.9 Å². The van der Waals surface area contributed by atoms with Crippen molar-refractivity contribution in [3.8, 4) is 0 Å². The number of benzene rings is 1. The first-order valence-corrected chi connectivity index (χ1v) is 7.50. The minimum Gasteiger partial charge on any atom is -0.465 e. The first kappa shape index (κ1) is 15.0. The molecule has 1 aromatic rings. The van der Waals surface area contributed by atoms with Crippen molar-refractivity contribution in [2.45, 2.75) is 45.7 Å². The topological polar surface area (TPSA) is 38.3 Å². The summed E-state index contributed by atoms with van der Waals surface area (Å²) in [4.78, 5) is 11.4. The lowest BCUT2D eigenvalue weighted by Gasteiger charge is -2.33. The van der Waals surface area contributed by atoms with E-state index in [-0.39, 0.29) is 5.97 Å². The Morgan fingerprint density at radius 1 is 1.25 bits per heavy atom. The molecule has 20 heavy (non-hydrogen) atoms. The van der Waals surface area contributed by atoms with Crippen molar-refractivity contribution in [1.82, 2.24) is 5.32 Å². The van der Waals surface area contributed by atoms with Gasteiger partial charge in [-0.3, -0.25) is 0 Å². The minimum absolute atomic E-state index is 0.278. The summed E-state index contributed by atoms with van der Waals surface area (Å²) in [6, 6.07) is 8.27. The molecule has 1 aliphatic rings. The van der Waals surface area contributed by atoms with Crippen molar-refractivity contribution in [2.75, 3.05) is 7.11 Å². The molecule has 2 rings (SSSR count). The van der Waals surface area contributed by atoms with Gasteiger partial charge in [0.15, 0.2) is 0 Å². The third-order valence-corrected chi connectivity index (χ3v) is 4.37. The molecule has 1 aliphatic carbocycles. The SMILES string of the molecule is COC(=O)c1ccc(CNC2CCC(C)CC2C)cc1. The van der Waals surface area contributed by atoms with E-state index in [1.54, 1.807) is 0 Å². The Morgan fingerprint density at radius 3 is 2.55 bits per heavy atom. The monoisotopic (exact) mass is 275 g/mol. The lowest BCUT2D eigenvalue weighted by atomic mass is 9.80. The standard InChI is InChI=1S/C17H25NO2/c1-12-4-9-16(13(2)10-12)18-11-14-5-7-15(8-6-14)17(19)20-3/h5-8,12-13,16,18H,4,9-11H2,1-3H3. The van der Waals surface area contributed by atoms with E-state index >= 15 is 0 Å². The van der Waals surface area contributed by atoms with Gasteiger partial charge in [0.1, 0.15) is 0 Å². The molecule has 1 saturated carbocycles. The highest BCUT2D eigenvalue weighted by Gasteiger charge is 2.24. The van der Waals surface area contributed by atoms with Crippen LogP contribution in [0.25, 0.3) is 0 Å². The lowest BCUT2D eigenvalue weighted by Crippen LogP contribution is -2.38. The number of carbonyl (C=O) groups is 1. The molecule has 3 atom stereocenters. The lowest BCUT2D eigenvalue weighted by molar-refractivity contribution is 0.0600. The number of rotatable bonds is 4. The number of hydrogen-bond donors (Lipinski definition) is 1. The van der Waals surface area contributed by atoms with Crippen molar-refractivity contribution in [1.29, 1.82) is 0 Å². The van der Waals surface area contributed by atoms with Gasteiger partial charge in [-0.2, -0.15) is 0 Å². The Hall–Kier alpha value is -1.35. The second-order valence-corrected chi connectivity index (χ2v) is 6.07. The van der Waals surface area contributed by atoms with Crippen LogP contribution >= 0.6 is 0 Å². The maximum atomic E-state index is 11.4. The molecular formula is C17H25NO2. The fourth-order valence-corrected chi connectivity index (χ4v) is 3.09. The van der Waals surface area contributed by atoms with Crippen LogP contribution in [0.5, 0.6) is 0 Å². The molecule has 0 amide bonds. The number of carbonyl (C=O) groups excluding carboxylic acids is 1. The van der Waals surface area contributed by atoms with Crippen molar-refractivity contribution in [3.05, 3.63) is 35.4 Å². The van der Waals surface area contributed by atoms with E-state index in [0.717, 1.165) is 18.4 Å². The summed E-state index contributed by atoms with van der Waals surface area (Å²) in [6.45, 7) is 5.55. The molecule has 3 nitrogen and oxygen atoms in total. The summed E-state index contributed by atoms with van der Waals surface area (Å²) in [6.07, 6.45) is 3.91. The van der Waals surface area contributed by atoms with Crippen molar-refractivity contribution in [3.63, 3.8) is 0 Å². The predicted molar refractivity (Wildman–Crippen MR) is 80.6 cm³/mol. The summed E-state index contributed by atoms with van der Waals surface area (Å²) < 4.78 is 4.70. The number of esters is 1. The van der Waals surface area contributed by atoms with Crippen LogP contribution in [0.1, 0.15) is 49.0 Å². The Labute approximate surface area is 121 Å². The highest BCUT2D eigenvalue weighted by molar-refractivity contribution is 5.89. The molecule has 1 fully saturated rings. The summed E-state index contributed by atoms with van der Waals surface area (Å²) in [5.41, 5.74) is 1.82. The number of hydrogen-bond acceptors (Lipinski definition) is 3. The maximum absolute atomic E-state index is 11.4. The molecule has 0 aromatic heterocycles. The van der Waals surface area contributed by atoms with E-state index in [9.17, 15) is 4.79 Å². The van der Waals surface area contributed by atoms with Gasteiger partial charge in [0.05, 0.1) is 12.7 Å². The quantitative estimate of drug-likeness (QED) is 0.856. The molecule has 0 heterocycles. The number of methoxy groups -OCH3 is 1. The van der Waals surface area contributed by atoms with Gasteiger partial charge in [-0.15, -0.1) is 0 Å². The molecule has 3 heteroatoms. The van der Waals surface area contributed by atoms with Gasteiger partial charge >= 0.3 is 5.97 Å². The average Bonchev–Trinajstić information content (AvgIpc) is 2.46. The second kappa shape index (κ2) is 6.89. The first-order chi connectivity index (χ1) is 9.60. The zero-order valence-corrected chi connectivity index (χ0v) is 12.7. The van der Waals surface area contributed by atoms with E-state index in [0.29, 0.717) is 11.6 Å². The van der Waals surface area contributed by atoms with Crippen LogP contribution in [0.15, 0.2) is 24.3 Å². The van der Waals surface area contributed by atoms with Crippen molar-refractivity contribution < 1.29 is 9.53 Å². The normalized spacial score (nSPS) is 26.2. The molecule has 1 N–H and O–H groups in total. The highest BCUT2D eigenvalue weighted by atomic mass is 16.5. The molecule has 0 aliphatic heterocycles. The van der Waals surface area contributed by atoms with Crippen LogP contribution in [0.4, 0.5) is 0 Å². The first-order valence-electron chi connectivity index (χ1n) is 7.50. The van der Waals surface area contributed by atoms with Crippen LogP contribution in [-0.2, 0) is 11.3 Å². The summed E-state index contributed by atoms with van der Waals surface area (Å²) in [5, 5.41) is 3.65. The van der Waals surface area contributed by atoms with E-state index in [1.807, 2.05) is 24.3 Å². The molecule has 0 saturated heterocycles. The highest BCUT2D eigenvalue weighted by Crippen LogP contribution is 2.28. The largest absolute Gasteiger partial charge is 0.465 e. The van der Waals surface area contributed by atoms with E-state index < -0.39 is 0 Å². The Kier molecular flexibility index (Phi) is 5.18. The van der Waals surface area contributed by atoms with E-state index in [2.05, 4.69) is 19.2 Å². The molecule has 1 aromatic carbocycles. The van der Waals surface area contributed by atoms with Gasteiger partial charge in [-0.05, 0) is 48.8 Å². The van der Waals surface area contributed by atoms with Crippen molar-refractivity contribution in [2.24, 2.45) is 11.8 Å². The van der Waals surface area contributed by atoms with Crippen LogP contribution < -0.4 is 5.32 Å². The van der Waals surface area contributed by atoms with Crippen LogP contribution in [0.2, 0.25) is 0 Å². The van der Waals surface area contributed by atoms with E-state index in [4.69, 9.17) is 4.74 Å². The van der Waals surface area contributed by atoms with Gasteiger partial charge in [0, 0.05) is 12.6 Å². The summed E-state index contributed by atoms with van der Waals surface area (Å²) in [7, 11) is 1.41. The smallest absolute Gasteiger partial charge is 0.337 e. The Bertz CT molecular complexity index is 441.